The lowest BCUT2D eigenvalue weighted by molar-refractivity contribution is -0.138. The molecule has 1 aromatic carbocycles. The third kappa shape index (κ3) is 5.74. The zero-order valence-corrected chi connectivity index (χ0v) is 18.5. The highest BCUT2D eigenvalue weighted by Crippen LogP contribution is 2.34. The number of esters is 1. The van der Waals surface area contributed by atoms with Gasteiger partial charge in [-0.2, -0.15) is 5.10 Å². The maximum atomic E-state index is 12.0. The number of carbonyl (C=O) groups excluding carboxylic acids is 1. The summed E-state index contributed by atoms with van der Waals surface area (Å²) in [6.07, 6.45) is 10.2. The van der Waals surface area contributed by atoms with E-state index >= 15 is 0 Å². The molecule has 2 aromatic rings. The summed E-state index contributed by atoms with van der Waals surface area (Å²) >= 11 is 0. The number of carbonyl (C=O) groups is 1. The van der Waals surface area contributed by atoms with Crippen LogP contribution in [0.25, 0.3) is 11.8 Å². The average Bonchev–Trinajstić information content (AvgIpc) is 3.19. The molecule has 0 unspecified atom stereocenters. The fourth-order valence-corrected chi connectivity index (χ4v) is 3.92. The lowest BCUT2D eigenvalue weighted by Crippen LogP contribution is -2.11. The third-order valence-corrected chi connectivity index (χ3v) is 5.59. The van der Waals surface area contributed by atoms with Crippen molar-refractivity contribution in [1.29, 1.82) is 0 Å². The van der Waals surface area contributed by atoms with Crippen LogP contribution >= 0.6 is 0 Å². The van der Waals surface area contributed by atoms with Crippen molar-refractivity contribution in [3.05, 3.63) is 47.3 Å². The van der Waals surface area contributed by atoms with Crippen LogP contribution in [0, 0.1) is 0 Å². The van der Waals surface area contributed by atoms with Crippen molar-refractivity contribution in [2.24, 2.45) is 0 Å². The minimum atomic E-state index is -0.292. The first-order valence-electron chi connectivity index (χ1n) is 11.3. The van der Waals surface area contributed by atoms with Crippen LogP contribution in [0.15, 0.2) is 35.9 Å². The Morgan fingerprint density at radius 2 is 1.90 bits per heavy atom. The molecule has 0 atom stereocenters. The molecule has 1 aliphatic rings. The van der Waals surface area contributed by atoms with Gasteiger partial charge in [-0.15, -0.1) is 0 Å². The highest BCUT2D eigenvalue weighted by atomic mass is 16.5. The Morgan fingerprint density at radius 1 is 1.17 bits per heavy atom. The van der Waals surface area contributed by atoms with Gasteiger partial charge in [0, 0.05) is 17.2 Å². The topological polar surface area (TPSA) is 53.4 Å². The fraction of sp³-hybridized carbons (Fsp3) is 0.520. The normalized spacial score (nSPS) is 15.2. The molecular formula is C25H34N2O3. The van der Waals surface area contributed by atoms with Gasteiger partial charge in [-0.1, -0.05) is 32.6 Å². The van der Waals surface area contributed by atoms with Crippen LogP contribution in [0.3, 0.4) is 0 Å². The van der Waals surface area contributed by atoms with Gasteiger partial charge in [0.1, 0.15) is 5.75 Å². The lowest BCUT2D eigenvalue weighted by Gasteiger charge is -2.22. The van der Waals surface area contributed by atoms with Gasteiger partial charge in [-0.05, 0) is 69.5 Å². The number of hydrogen-bond donors (Lipinski definition) is 0. The standard InChI is InChI=1S/C25H34N2O3/c1-4-6-16-30-23-14-12-22(13-15-23)27-24(20-10-8-7-9-11-20)18-21(26-27)17-19(3)25(28)29-5-2/h12-15,17-18,20H,4-11,16H2,1-3H3/b19-17+. The van der Waals surface area contributed by atoms with E-state index in [0.29, 0.717) is 18.1 Å². The largest absolute Gasteiger partial charge is 0.494 e. The molecule has 5 nitrogen and oxygen atoms in total. The van der Waals surface area contributed by atoms with E-state index in [4.69, 9.17) is 14.6 Å². The number of rotatable bonds is 9. The van der Waals surface area contributed by atoms with Gasteiger partial charge < -0.3 is 9.47 Å². The number of aromatic nitrogens is 2. The Morgan fingerprint density at radius 3 is 2.57 bits per heavy atom. The molecule has 0 bridgehead atoms. The van der Waals surface area contributed by atoms with Crippen molar-refractivity contribution < 1.29 is 14.3 Å². The van der Waals surface area contributed by atoms with Crippen molar-refractivity contribution in [2.45, 2.75) is 71.6 Å². The molecule has 162 valence electrons. The van der Waals surface area contributed by atoms with E-state index in [0.717, 1.165) is 36.6 Å². The SMILES string of the molecule is CCCCOc1ccc(-n2nc(/C=C(\C)C(=O)OCC)cc2C2CCCCC2)cc1. The summed E-state index contributed by atoms with van der Waals surface area (Å²) in [6.45, 7) is 6.87. The van der Waals surface area contributed by atoms with Gasteiger partial charge in [-0.25, -0.2) is 9.48 Å². The molecule has 1 fully saturated rings. The van der Waals surface area contributed by atoms with E-state index in [9.17, 15) is 4.79 Å². The van der Waals surface area contributed by atoms with Crippen molar-refractivity contribution in [3.63, 3.8) is 0 Å². The van der Waals surface area contributed by atoms with Crippen molar-refractivity contribution >= 4 is 12.0 Å². The predicted molar refractivity (Wildman–Crippen MR) is 120 cm³/mol. The summed E-state index contributed by atoms with van der Waals surface area (Å²) in [5.74, 6) is 1.09. The minimum absolute atomic E-state index is 0.292. The maximum absolute atomic E-state index is 12.0. The van der Waals surface area contributed by atoms with Gasteiger partial charge in [-0.3, -0.25) is 0 Å². The monoisotopic (exact) mass is 410 g/mol. The molecule has 0 radical (unpaired) electrons. The van der Waals surface area contributed by atoms with Crippen LogP contribution in [-0.2, 0) is 9.53 Å². The fourth-order valence-electron chi connectivity index (χ4n) is 3.92. The zero-order valence-electron chi connectivity index (χ0n) is 18.5. The van der Waals surface area contributed by atoms with Crippen LogP contribution < -0.4 is 4.74 Å². The van der Waals surface area contributed by atoms with Crippen molar-refractivity contribution in [2.75, 3.05) is 13.2 Å². The smallest absolute Gasteiger partial charge is 0.333 e. The second kappa shape index (κ2) is 11.0. The maximum Gasteiger partial charge on any atom is 0.333 e. The second-order valence-corrected chi connectivity index (χ2v) is 7.98. The average molecular weight is 411 g/mol. The Bertz CT molecular complexity index is 846. The minimum Gasteiger partial charge on any atom is -0.494 e. The Balaban J connectivity index is 1.88. The Labute approximate surface area is 180 Å². The predicted octanol–water partition coefficient (Wildman–Crippen LogP) is 6.07. The molecule has 1 heterocycles. The third-order valence-electron chi connectivity index (χ3n) is 5.59. The van der Waals surface area contributed by atoms with E-state index in [1.807, 2.05) is 29.8 Å². The molecule has 0 saturated heterocycles. The highest BCUT2D eigenvalue weighted by Gasteiger charge is 2.21. The van der Waals surface area contributed by atoms with E-state index in [2.05, 4.69) is 25.1 Å². The number of benzene rings is 1. The summed E-state index contributed by atoms with van der Waals surface area (Å²) in [5.41, 5.74) is 3.60. The van der Waals surface area contributed by atoms with Crippen LogP contribution in [0.5, 0.6) is 5.75 Å². The first-order valence-corrected chi connectivity index (χ1v) is 11.3. The summed E-state index contributed by atoms with van der Waals surface area (Å²) in [6, 6.07) is 10.3. The first kappa shape index (κ1) is 22.1. The van der Waals surface area contributed by atoms with E-state index in [-0.39, 0.29) is 5.97 Å². The molecule has 0 spiro atoms. The van der Waals surface area contributed by atoms with Crippen LogP contribution in [-0.4, -0.2) is 29.0 Å². The molecule has 3 rings (SSSR count). The van der Waals surface area contributed by atoms with Crippen molar-refractivity contribution in [3.8, 4) is 11.4 Å². The van der Waals surface area contributed by atoms with Gasteiger partial charge >= 0.3 is 5.97 Å². The van der Waals surface area contributed by atoms with Crippen LogP contribution in [0.2, 0.25) is 0 Å². The number of hydrogen-bond acceptors (Lipinski definition) is 4. The summed E-state index contributed by atoms with van der Waals surface area (Å²) in [4.78, 5) is 12.0. The molecule has 0 amide bonds. The van der Waals surface area contributed by atoms with E-state index < -0.39 is 0 Å². The first-order chi connectivity index (χ1) is 14.6. The highest BCUT2D eigenvalue weighted by molar-refractivity contribution is 5.92. The summed E-state index contributed by atoms with van der Waals surface area (Å²) in [7, 11) is 0. The molecular weight excluding hydrogens is 376 g/mol. The zero-order chi connectivity index (χ0) is 21.3. The molecule has 1 aliphatic carbocycles. The van der Waals surface area contributed by atoms with Crippen LogP contribution in [0.1, 0.15) is 83.0 Å². The molecule has 0 aliphatic heterocycles. The number of unbranched alkanes of at least 4 members (excludes halogenated alkanes) is 1. The number of ether oxygens (including phenoxy) is 2. The second-order valence-electron chi connectivity index (χ2n) is 7.98. The molecule has 1 aromatic heterocycles. The quantitative estimate of drug-likeness (QED) is 0.286. The molecule has 1 saturated carbocycles. The van der Waals surface area contributed by atoms with Gasteiger partial charge in [0.25, 0.3) is 0 Å². The van der Waals surface area contributed by atoms with Crippen molar-refractivity contribution in [1.82, 2.24) is 9.78 Å². The summed E-state index contributed by atoms with van der Waals surface area (Å²) in [5, 5.41) is 4.83. The Hall–Kier alpha value is -2.56. The molecule has 30 heavy (non-hydrogen) atoms. The summed E-state index contributed by atoms with van der Waals surface area (Å²) < 4.78 is 12.9. The molecule has 0 N–H and O–H groups in total. The van der Waals surface area contributed by atoms with Gasteiger partial charge in [0.15, 0.2) is 0 Å². The van der Waals surface area contributed by atoms with Gasteiger partial charge in [0.05, 0.1) is 24.6 Å². The van der Waals surface area contributed by atoms with Crippen LogP contribution in [0.4, 0.5) is 0 Å². The van der Waals surface area contributed by atoms with E-state index in [1.165, 1.54) is 37.8 Å². The number of nitrogens with zero attached hydrogens (tertiary/aromatic N) is 2. The lowest BCUT2D eigenvalue weighted by atomic mass is 9.86. The van der Waals surface area contributed by atoms with Gasteiger partial charge in [0.2, 0.25) is 0 Å². The van der Waals surface area contributed by atoms with E-state index in [1.54, 1.807) is 6.92 Å². The Kier molecular flexibility index (Phi) is 8.12. The molecule has 5 heteroatoms.